The third-order valence-corrected chi connectivity index (χ3v) is 3.44. The van der Waals surface area contributed by atoms with E-state index in [2.05, 4.69) is 19.2 Å². The van der Waals surface area contributed by atoms with Crippen molar-refractivity contribution in [3.8, 4) is 11.3 Å². The second kappa shape index (κ2) is 7.16. The summed E-state index contributed by atoms with van der Waals surface area (Å²) < 4.78 is 5.81. The molecule has 0 atom stereocenters. The molecule has 108 valence electrons. The van der Waals surface area contributed by atoms with Crippen LogP contribution in [0.15, 0.2) is 34.7 Å². The Bertz CT molecular complexity index is 543. The Balaban J connectivity index is 1.98. The van der Waals surface area contributed by atoms with E-state index in [9.17, 15) is 0 Å². The van der Waals surface area contributed by atoms with Gasteiger partial charge in [-0.05, 0) is 49.2 Å². The van der Waals surface area contributed by atoms with Gasteiger partial charge in [0.2, 0.25) is 0 Å². The molecule has 0 amide bonds. The predicted molar refractivity (Wildman–Crippen MR) is 85.3 cm³/mol. The summed E-state index contributed by atoms with van der Waals surface area (Å²) in [6.07, 6.45) is 1.16. The molecule has 0 fully saturated rings. The Kier molecular flexibility index (Phi) is 5.53. The predicted octanol–water partition coefficient (Wildman–Crippen LogP) is 5.39. The second-order valence-corrected chi connectivity index (χ2v) is 6.16. The lowest BCUT2D eigenvalue weighted by Crippen LogP contribution is -2.15. The SMILES string of the molecule is CC(C)CCNCc1ccc(-c2cc(Cl)cc(Cl)c2)o1. The lowest BCUT2D eigenvalue weighted by Gasteiger charge is -2.05. The number of hydrogen-bond donors (Lipinski definition) is 1. The van der Waals surface area contributed by atoms with E-state index in [1.165, 1.54) is 0 Å². The van der Waals surface area contributed by atoms with Crippen LogP contribution in [0.4, 0.5) is 0 Å². The third-order valence-electron chi connectivity index (χ3n) is 3.01. The molecule has 0 radical (unpaired) electrons. The highest BCUT2D eigenvalue weighted by atomic mass is 35.5. The van der Waals surface area contributed by atoms with E-state index >= 15 is 0 Å². The summed E-state index contributed by atoms with van der Waals surface area (Å²) in [6.45, 7) is 6.17. The Morgan fingerprint density at radius 3 is 2.45 bits per heavy atom. The van der Waals surface area contributed by atoms with Gasteiger partial charge >= 0.3 is 0 Å². The largest absolute Gasteiger partial charge is 0.460 e. The van der Waals surface area contributed by atoms with Gasteiger partial charge in [0, 0.05) is 15.6 Å². The fraction of sp³-hybridized carbons (Fsp3) is 0.375. The summed E-state index contributed by atoms with van der Waals surface area (Å²) in [5.74, 6) is 2.41. The van der Waals surface area contributed by atoms with E-state index in [-0.39, 0.29) is 0 Å². The summed E-state index contributed by atoms with van der Waals surface area (Å²) >= 11 is 12.0. The van der Waals surface area contributed by atoms with Crippen LogP contribution in [0, 0.1) is 5.92 Å². The first kappa shape index (κ1) is 15.4. The van der Waals surface area contributed by atoms with Crippen molar-refractivity contribution in [1.82, 2.24) is 5.32 Å². The van der Waals surface area contributed by atoms with Crippen molar-refractivity contribution >= 4 is 23.2 Å². The fourth-order valence-corrected chi connectivity index (χ4v) is 2.45. The highest BCUT2D eigenvalue weighted by molar-refractivity contribution is 6.35. The van der Waals surface area contributed by atoms with Crippen molar-refractivity contribution in [3.05, 3.63) is 46.1 Å². The first-order valence-electron chi connectivity index (χ1n) is 6.80. The number of benzene rings is 1. The van der Waals surface area contributed by atoms with Crippen molar-refractivity contribution in [2.24, 2.45) is 5.92 Å². The quantitative estimate of drug-likeness (QED) is 0.724. The summed E-state index contributed by atoms with van der Waals surface area (Å²) in [5.41, 5.74) is 0.899. The maximum absolute atomic E-state index is 6.00. The molecule has 4 heteroatoms. The normalized spacial score (nSPS) is 11.2. The number of rotatable bonds is 6. The average molecular weight is 312 g/mol. The molecular weight excluding hydrogens is 293 g/mol. The van der Waals surface area contributed by atoms with Crippen LogP contribution in [0.25, 0.3) is 11.3 Å². The number of nitrogens with one attached hydrogen (secondary N) is 1. The minimum Gasteiger partial charge on any atom is -0.460 e. The first-order valence-corrected chi connectivity index (χ1v) is 7.56. The molecule has 1 aromatic heterocycles. The van der Waals surface area contributed by atoms with Crippen LogP contribution in [0.1, 0.15) is 26.0 Å². The van der Waals surface area contributed by atoms with Gasteiger partial charge in [0.05, 0.1) is 6.54 Å². The molecule has 2 aromatic rings. The minimum atomic E-state index is 0.612. The molecule has 0 bridgehead atoms. The van der Waals surface area contributed by atoms with Gasteiger partial charge in [-0.25, -0.2) is 0 Å². The molecule has 1 aromatic carbocycles. The molecule has 0 saturated carbocycles. The molecule has 0 spiro atoms. The molecule has 1 heterocycles. The van der Waals surface area contributed by atoms with E-state index in [1.807, 2.05) is 24.3 Å². The highest BCUT2D eigenvalue weighted by Gasteiger charge is 2.07. The maximum Gasteiger partial charge on any atom is 0.134 e. The molecule has 2 rings (SSSR count). The van der Waals surface area contributed by atoms with Gasteiger partial charge in [-0.2, -0.15) is 0 Å². The molecular formula is C16H19Cl2NO. The fourth-order valence-electron chi connectivity index (χ4n) is 1.93. The van der Waals surface area contributed by atoms with Crippen LogP contribution in [0.2, 0.25) is 10.0 Å². The topological polar surface area (TPSA) is 25.2 Å². The molecule has 0 unspecified atom stereocenters. The van der Waals surface area contributed by atoms with Crippen LogP contribution in [-0.2, 0) is 6.54 Å². The van der Waals surface area contributed by atoms with Crippen molar-refractivity contribution in [1.29, 1.82) is 0 Å². The van der Waals surface area contributed by atoms with Gasteiger partial charge in [-0.3, -0.25) is 0 Å². The minimum absolute atomic E-state index is 0.612. The molecule has 0 aliphatic carbocycles. The second-order valence-electron chi connectivity index (χ2n) is 5.28. The summed E-state index contributed by atoms with van der Waals surface area (Å²) in [5, 5.41) is 4.60. The van der Waals surface area contributed by atoms with Gasteiger partial charge < -0.3 is 9.73 Å². The summed E-state index contributed by atoms with van der Waals surface area (Å²) in [4.78, 5) is 0. The van der Waals surface area contributed by atoms with E-state index in [0.717, 1.165) is 36.6 Å². The lowest BCUT2D eigenvalue weighted by molar-refractivity contribution is 0.474. The van der Waals surface area contributed by atoms with Crippen LogP contribution < -0.4 is 5.32 Å². The maximum atomic E-state index is 6.00. The molecule has 0 saturated heterocycles. The Morgan fingerprint density at radius 2 is 1.80 bits per heavy atom. The number of hydrogen-bond acceptors (Lipinski definition) is 2. The van der Waals surface area contributed by atoms with Crippen LogP contribution in [-0.4, -0.2) is 6.54 Å². The van der Waals surface area contributed by atoms with Gasteiger partial charge in [0.15, 0.2) is 0 Å². The molecule has 1 N–H and O–H groups in total. The monoisotopic (exact) mass is 311 g/mol. The summed E-state index contributed by atoms with van der Waals surface area (Å²) in [7, 11) is 0. The van der Waals surface area contributed by atoms with E-state index < -0.39 is 0 Å². The van der Waals surface area contributed by atoms with Gasteiger partial charge in [0.25, 0.3) is 0 Å². The smallest absolute Gasteiger partial charge is 0.134 e. The van der Waals surface area contributed by atoms with E-state index in [4.69, 9.17) is 27.6 Å². The lowest BCUT2D eigenvalue weighted by atomic mass is 10.1. The first-order chi connectivity index (χ1) is 9.54. The van der Waals surface area contributed by atoms with Crippen LogP contribution >= 0.6 is 23.2 Å². The van der Waals surface area contributed by atoms with Crippen molar-refractivity contribution in [3.63, 3.8) is 0 Å². The van der Waals surface area contributed by atoms with Crippen molar-refractivity contribution in [2.75, 3.05) is 6.54 Å². The third kappa shape index (κ3) is 4.55. The van der Waals surface area contributed by atoms with E-state index in [0.29, 0.717) is 16.0 Å². The zero-order valence-corrected chi connectivity index (χ0v) is 13.3. The molecule has 0 aliphatic rings. The average Bonchev–Trinajstić information content (AvgIpc) is 2.82. The van der Waals surface area contributed by atoms with Crippen molar-refractivity contribution < 1.29 is 4.42 Å². The number of halogens is 2. The van der Waals surface area contributed by atoms with Gasteiger partial charge in [-0.15, -0.1) is 0 Å². The van der Waals surface area contributed by atoms with Crippen LogP contribution in [0.5, 0.6) is 0 Å². The standard InChI is InChI=1S/C16H19Cl2NO/c1-11(2)5-6-19-10-15-3-4-16(20-15)12-7-13(17)9-14(18)8-12/h3-4,7-9,11,19H,5-6,10H2,1-2H3. The Hall–Kier alpha value is -0.960. The Morgan fingerprint density at radius 1 is 1.10 bits per heavy atom. The van der Waals surface area contributed by atoms with Crippen LogP contribution in [0.3, 0.4) is 0 Å². The van der Waals surface area contributed by atoms with Gasteiger partial charge in [-0.1, -0.05) is 37.0 Å². The van der Waals surface area contributed by atoms with Crippen molar-refractivity contribution in [2.45, 2.75) is 26.8 Å². The zero-order valence-electron chi connectivity index (χ0n) is 11.7. The van der Waals surface area contributed by atoms with Gasteiger partial charge in [0.1, 0.15) is 11.5 Å². The summed E-state index contributed by atoms with van der Waals surface area (Å²) in [6, 6.07) is 9.34. The van der Waals surface area contributed by atoms with E-state index in [1.54, 1.807) is 6.07 Å². The highest BCUT2D eigenvalue weighted by Crippen LogP contribution is 2.28. The number of furan rings is 1. The Labute approximate surface area is 130 Å². The molecule has 20 heavy (non-hydrogen) atoms. The molecule has 2 nitrogen and oxygen atoms in total. The molecule has 0 aliphatic heterocycles. The zero-order chi connectivity index (χ0) is 14.5.